The Bertz CT molecular complexity index is 393. The lowest BCUT2D eigenvalue weighted by Gasteiger charge is -2.19. The minimum atomic E-state index is 0.176. The number of Topliss-reactive ketones (excluding diaryl/α,β-unsaturated/α-hetero) is 1. The average molecular weight is 247 g/mol. The highest BCUT2D eigenvalue weighted by atomic mass is 16.5. The van der Waals surface area contributed by atoms with Gasteiger partial charge in [-0.1, -0.05) is 29.8 Å². The quantitative estimate of drug-likeness (QED) is 0.748. The molecular weight excluding hydrogens is 226 g/mol. The van der Waals surface area contributed by atoms with Crippen molar-refractivity contribution in [3.63, 3.8) is 0 Å². The summed E-state index contributed by atoms with van der Waals surface area (Å²) >= 11 is 0. The Balaban J connectivity index is 1.84. The van der Waals surface area contributed by atoms with Crippen LogP contribution < -0.4 is 0 Å². The number of carbonyl (C=O) groups is 1. The van der Waals surface area contributed by atoms with Crippen molar-refractivity contribution in [2.75, 3.05) is 26.7 Å². The van der Waals surface area contributed by atoms with E-state index in [0.717, 1.165) is 31.6 Å². The zero-order valence-corrected chi connectivity index (χ0v) is 11.2. The van der Waals surface area contributed by atoms with Crippen molar-refractivity contribution in [1.82, 2.24) is 4.90 Å². The van der Waals surface area contributed by atoms with Crippen LogP contribution in [0.3, 0.4) is 0 Å². The van der Waals surface area contributed by atoms with E-state index in [9.17, 15) is 4.79 Å². The SMILES string of the molecule is Cc1ccc(C(=O)CN(C)CC2CCCO2)cc1. The highest BCUT2D eigenvalue weighted by molar-refractivity contribution is 5.97. The van der Waals surface area contributed by atoms with Crippen LogP contribution in [0.2, 0.25) is 0 Å². The van der Waals surface area contributed by atoms with Crippen molar-refractivity contribution >= 4 is 5.78 Å². The highest BCUT2D eigenvalue weighted by Crippen LogP contribution is 2.13. The van der Waals surface area contributed by atoms with Gasteiger partial charge in [-0.25, -0.2) is 0 Å². The van der Waals surface area contributed by atoms with Crippen LogP contribution in [0.5, 0.6) is 0 Å². The molecule has 0 radical (unpaired) electrons. The van der Waals surface area contributed by atoms with Crippen molar-refractivity contribution in [2.24, 2.45) is 0 Å². The zero-order valence-electron chi connectivity index (χ0n) is 11.2. The number of hydrogen-bond acceptors (Lipinski definition) is 3. The number of nitrogens with zero attached hydrogens (tertiary/aromatic N) is 1. The molecule has 2 rings (SSSR count). The van der Waals surface area contributed by atoms with E-state index in [2.05, 4.69) is 4.90 Å². The molecule has 0 spiro atoms. The standard InChI is InChI=1S/C15H21NO2/c1-12-5-7-13(8-6-12)15(17)11-16(2)10-14-4-3-9-18-14/h5-8,14H,3-4,9-11H2,1-2H3. The van der Waals surface area contributed by atoms with Crippen molar-refractivity contribution < 1.29 is 9.53 Å². The first-order valence-electron chi connectivity index (χ1n) is 6.55. The van der Waals surface area contributed by atoms with Gasteiger partial charge in [0.15, 0.2) is 5.78 Å². The summed E-state index contributed by atoms with van der Waals surface area (Å²) in [6, 6.07) is 7.76. The Morgan fingerprint density at radius 1 is 1.39 bits per heavy atom. The Morgan fingerprint density at radius 3 is 2.72 bits per heavy atom. The minimum absolute atomic E-state index is 0.176. The number of hydrogen-bond donors (Lipinski definition) is 0. The first-order valence-corrected chi connectivity index (χ1v) is 6.55. The maximum absolute atomic E-state index is 12.1. The molecule has 0 aromatic heterocycles. The van der Waals surface area contributed by atoms with Gasteiger partial charge in [0, 0.05) is 18.7 Å². The molecule has 1 unspecified atom stereocenters. The Labute approximate surface area is 109 Å². The molecule has 98 valence electrons. The molecule has 1 saturated heterocycles. The summed E-state index contributed by atoms with van der Waals surface area (Å²) < 4.78 is 5.57. The summed E-state index contributed by atoms with van der Waals surface area (Å²) in [7, 11) is 1.98. The smallest absolute Gasteiger partial charge is 0.176 e. The fraction of sp³-hybridized carbons (Fsp3) is 0.533. The molecule has 1 aromatic carbocycles. The molecule has 1 fully saturated rings. The molecule has 0 N–H and O–H groups in total. The lowest BCUT2D eigenvalue weighted by atomic mass is 10.1. The molecule has 0 aliphatic carbocycles. The summed E-state index contributed by atoms with van der Waals surface area (Å²) in [5.74, 6) is 0.176. The van der Waals surface area contributed by atoms with E-state index in [1.165, 1.54) is 5.56 Å². The van der Waals surface area contributed by atoms with Gasteiger partial charge in [0.25, 0.3) is 0 Å². The van der Waals surface area contributed by atoms with Crippen LogP contribution in [0, 0.1) is 6.92 Å². The van der Waals surface area contributed by atoms with E-state index in [0.29, 0.717) is 12.6 Å². The van der Waals surface area contributed by atoms with E-state index < -0.39 is 0 Å². The van der Waals surface area contributed by atoms with Crippen LogP contribution in [-0.4, -0.2) is 43.5 Å². The first kappa shape index (κ1) is 13.2. The monoisotopic (exact) mass is 247 g/mol. The average Bonchev–Trinajstić information content (AvgIpc) is 2.82. The molecule has 0 amide bonds. The van der Waals surface area contributed by atoms with Gasteiger partial charge in [-0.3, -0.25) is 9.69 Å². The minimum Gasteiger partial charge on any atom is -0.377 e. The van der Waals surface area contributed by atoms with Crippen molar-refractivity contribution in [1.29, 1.82) is 0 Å². The molecular formula is C15H21NO2. The molecule has 3 nitrogen and oxygen atoms in total. The van der Waals surface area contributed by atoms with Crippen LogP contribution in [-0.2, 0) is 4.74 Å². The van der Waals surface area contributed by atoms with Crippen molar-refractivity contribution in [3.05, 3.63) is 35.4 Å². The van der Waals surface area contributed by atoms with E-state index >= 15 is 0 Å². The normalized spacial score (nSPS) is 19.4. The van der Waals surface area contributed by atoms with E-state index in [4.69, 9.17) is 4.74 Å². The highest BCUT2D eigenvalue weighted by Gasteiger charge is 2.18. The van der Waals surface area contributed by atoms with Crippen LogP contribution in [0.15, 0.2) is 24.3 Å². The van der Waals surface area contributed by atoms with Crippen LogP contribution in [0.1, 0.15) is 28.8 Å². The predicted octanol–water partition coefficient (Wildman–Crippen LogP) is 2.29. The number of rotatable bonds is 5. The molecule has 1 atom stereocenters. The second kappa shape index (κ2) is 6.12. The molecule has 1 aromatic rings. The number of ketones is 1. The van der Waals surface area contributed by atoms with Crippen molar-refractivity contribution in [2.45, 2.75) is 25.9 Å². The van der Waals surface area contributed by atoms with Gasteiger partial charge in [0.05, 0.1) is 12.6 Å². The predicted molar refractivity (Wildman–Crippen MR) is 72.0 cm³/mol. The van der Waals surface area contributed by atoms with Gasteiger partial charge < -0.3 is 4.74 Å². The summed E-state index contributed by atoms with van der Waals surface area (Å²) in [6.07, 6.45) is 2.56. The molecule has 3 heteroatoms. The topological polar surface area (TPSA) is 29.5 Å². The fourth-order valence-electron chi connectivity index (χ4n) is 2.28. The van der Waals surface area contributed by atoms with E-state index in [-0.39, 0.29) is 5.78 Å². The van der Waals surface area contributed by atoms with Gasteiger partial charge >= 0.3 is 0 Å². The number of carbonyl (C=O) groups excluding carboxylic acids is 1. The van der Waals surface area contributed by atoms with Gasteiger partial charge in [0.2, 0.25) is 0 Å². The van der Waals surface area contributed by atoms with Crippen LogP contribution >= 0.6 is 0 Å². The summed E-state index contributed by atoms with van der Waals surface area (Å²) in [6.45, 7) is 4.20. The summed E-state index contributed by atoms with van der Waals surface area (Å²) in [5, 5.41) is 0. The fourth-order valence-corrected chi connectivity index (χ4v) is 2.28. The summed E-state index contributed by atoms with van der Waals surface area (Å²) in [5.41, 5.74) is 1.97. The molecule has 1 aliphatic rings. The maximum atomic E-state index is 12.1. The molecule has 18 heavy (non-hydrogen) atoms. The van der Waals surface area contributed by atoms with Gasteiger partial charge in [-0.05, 0) is 26.8 Å². The Hall–Kier alpha value is -1.19. The van der Waals surface area contributed by atoms with E-state index in [1.54, 1.807) is 0 Å². The molecule has 1 aliphatic heterocycles. The van der Waals surface area contributed by atoms with Crippen LogP contribution in [0.25, 0.3) is 0 Å². The number of benzene rings is 1. The first-order chi connectivity index (χ1) is 8.65. The number of ether oxygens (including phenoxy) is 1. The third-order valence-electron chi connectivity index (χ3n) is 3.33. The molecule has 0 saturated carbocycles. The third-order valence-corrected chi connectivity index (χ3v) is 3.33. The van der Waals surface area contributed by atoms with E-state index in [1.807, 2.05) is 38.2 Å². The zero-order chi connectivity index (χ0) is 13.0. The summed E-state index contributed by atoms with van der Waals surface area (Å²) in [4.78, 5) is 14.1. The van der Waals surface area contributed by atoms with Crippen molar-refractivity contribution in [3.8, 4) is 0 Å². The molecule has 1 heterocycles. The van der Waals surface area contributed by atoms with Gasteiger partial charge in [0.1, 0.15) is 0 Å². The van der Waals surface area contributed by atoms with Crippen LogP contribution in [0.4, 0.5) is 0 Å². The lowest BCUT2D eigenvalue weighted by Crippen LogP contribution is -2.33. The maximum Gasteiger partial charge on any atom is 0.176 e. The second-order valence-corrected chi connectivity index (χ2v) is 5.12. The third kappa shape index (κ3) is 3.65. The number of likely N-dealkylation sites (N-methyl/N-ethyl adjacent to an activating group) is 1. The molecule has 0 bridgehead atoms. The lowest BCUT2D eigenvalue weighted by molar-refractivity contribution is 0.0740. The van der Waals surface area contributed by atoms with Gasteiger partial charge in [-0.15, -0.1) is 0 Å². The Kier molecular flexibility index (Phi) is 4.50. The Morgan fingerprint density at radius 2 is 2.11 bits per heavy atom. The second-order valence-electron chi connectivity index (χ2n) is 5.12. The number of aryl methyl sites for hydroxylation is 1. The largest absolute Gasteiger partial charge is 0.377 e. The van der Waals surface area contributed by atoms with Gasteiger partial charge in [-0.2, -0.15) is 0 Å².